The normalized spacial score (nSPS) is 10.8. The molecule has 29 heavy (non-hydrogen) atoms. The number of hydrogen-bond donors (Lipinski definition) is 2. The molecule has 0 atom stereocenters. The number of carbonyl (C=O) groups excluding carboxylic acids is 2. The van der Waals surface area contributed by atoms with Crippen LogP contribution in [-0.4, -0.2) is 38.9 Å². The molecule has 0 aromatic heterocycles. The van der Waals surface area contributed by atoms with Gasteiger partial charge in [-0.25, -0.2) is 5.43 Å². The molecular formula is C21H25N3O5. The van der Waals surface area contributed by atoms with Gasteiger partial charge in [-0.05, 0) is 36.8 Å². The third-order valence-electron chi connectivity index (χ3n) is 4.07. The number of benzene rings is 2. The number of rotatable bonds is 9. The second-order valence-electron chi connectivity index (χ2n) is 6.16. The summed E-state index contributed by atoms with van der Waals surface area (Å²) in [4.78, 5) is 24.4. The molecule has 0 radical (unpaired) electrons. The van der Waals surface area contributed by atoms with E-state index >= 15 is 0 Å². The summed E-state index contributed by atoms with van der Waals surface area (Å²) in [6.45, 7) is 2.06. The Kier molecular flexibility index (Phi) is 8.02. The summed E-state index contributed by atoms with van der Waals surface area (Å²) < 4.78 is 15.4. The van der Waals surface area contributed by atoms with Gasteiger partial charge >= 0.3 is 0 Å². The molecule has 0 unspecified atom stereocenters. The summed E-state index contributed by atoms with van der Waals surface area (Å²) in [5.41, 5.74) is 4.17. The fraction of sp³-hybridized carbons (Fsp3) is 0.286. The Labute approximate surface area is 169 Å². The summed E-state index contributed by atoms with van der Waals surface area (Å²) in [7, 11) is 4.59. The number of hydrazone groups is 1. The van der Waals surface area contributed by atoms with Crippen LogP contribution in [0, 0.1) is 0 Å². The van der Waals surface area contributed by atoms with E-state index in [0.717, 1.165) is 11.3 Å². The summed E-state index contributed by atoms with van der Waals surface area (Å²) in [5, 5.41) is 6.80. The number of ether oxygens (including phenoxy) is 3. The lowest BCUT2D eigenvalue weighted by Crippen LogP contribution is -2.26. The topological polar surface area (TPSA) is 98.2 Å². The Morgan fingerprint density at radius 1 is 0.931 bits per heavy atom. The monoisotopic (exact) mass is 399 g/mol. The molecule has 8 nitrogen and oxygen atoms in total. The average Bonchev–Trinajstić information content (AvgIpc) is 2.75. The van der Waals surface area contributed by atoms with Gasteiger partial charge in [0, 0.05) is 18.3 Å². The minimum Gasteiger partial charge on any atom is -0.497 e. The van der Waals surface area contributed by atoms with Crippen LogP contribution in [0.2, 0.25) is 0 Å². The van der Waals surface area contributed by atoms with Gasteiger partial charge in [0.25, 0.3) is 5.91 Å². The zero-order valence-corrected chi connectivity index (χ0v) is 16.9. The number of carbonyl (C=O) groups is 2. The van der Waals surface area contributed by atoms with Crippen molar-refractivity contribution in [2.24, 2.45) is 5.10 Å². The lowest BCUT2D eigenvalue weighted by Gasteiger charge is -2.09. The van der Waals surface area contributed by atoms with Gasteiger partial charge in [0.2, 0.25) is 5.91 Å². The summed E-state index contributed by atoms with van der Waals surface area (Å²) in [5.74, 6) is 1.06. The van der Waals surface area contributed by atoms with Crippen LogP contribution in [0.3, 0.4) is 0 Å². The molecule has 8 heteroatoms. The number of amides is 2. The molecule has 0 saturated heterocycles. The van der Waals surface area contributed by atoms with E-state index in [2.05, 4.69) is 15.8 Å². The highest BCUT2D eigenvalue weighted by Crippen LogP contribution is 2.24. The molecule has 0 heterocycles. The standard InChI is InChI=1S/C21H25N3O5/c1-14(11-20(25)22-13-15-5-7-16(27-2)8-6-15)23-24-21(26)18-10-9-17(28-3)12-19(18)29-4/h5-10,12H,11,13H2,1-4H3,(H,22,25)(H,24,26). The molecule has 2 rings (SSSR count). The van der Waals surface area contributed by atoms with Crippen LogP contribution in [0.1, 0.15) is 29.3 Å². The molecular weight excluding hydrogens is 374 g/mol. The van der Waals surface area contributed by atoms with Crippen LogP contribution in [0.15, 0.2) is 47.6 Å². The van der Waals surface area contributed by atoms with Gasteiger partial charge in [0.1, 0.15) is 17.2 Å². The Bertz CT molecular complexity index is 878. The van der Waals surface area contributed by atoms with Crippen molar-refractivity contribution in [2.75, 3.05) is 21.3 Å². The third kappa shape index (κ3) is 6.53. The van der Waals surface area contributed by atoms with Crippen molar-refractivity contribution < 1.29 is 23.8 Å². The van der Waals surface area contributed by atoms with Gasteiger partial charge in [0.15, 0.2) is 0 Å². The highest BCUT2D eigenvalue weighted by molar-refractivity contribution is 6.01. The van der Waals surface area contributed by atoms with Gasteiger partial charge < -0.3 is 19.5 Å². The molecule has 2 aromatic carbocycles. The van der Waals surface area contributed by atoms with Crippen LogP contribution < -0.4 is 25.0 Å². The van der Waals surface area contributed by atoms with Crippen molar-refractivity contribution in [1.29, 1.82) is 0 Å². The molecule has 0 aliphatic carbocycles. The summed E-state index contributed by atoms with van der Waals surface area (Å²) >= 11 is 0. The Balaban J connectivity index is 1.87. The summed E-state index contributed by atoms with van der Waals surface area (Å²) in [6, 6.07) is 12.3. The van der Waals surface area contributed by atoms with Crippen molar-refractivity contribution in [2.45, 2.75) is 19.9 Å². The third-order valence-corrected chi connectivity index (χ3v) is 4.07. The zero-order chi connectivity index (χ0) is 21.2. The van der Waals surface area contributed by atoms with E-state index in [-0.39, 0.29) is 12.3 Å². The average molecular weight is 399 g/mol. The van der Waals surface area contributed by atoms with Crippen molar-refractivity contribution >= 4 is 17.5 Å². The first-order valence-corrected chi connectivity index (χ1v) is 8.92. The predicted molar refractivity (Wildman–Crippen MR) is 110 cm³/mol. The van der Waals surface area contributed by atoms with Crippen LogP contribution in [-0.2, 0) is 11.3 Å². The number of hydrogen-bond acceptors (Lipinski definition) is 6. The highest BCUT2D eigenvalue weighted by atomic mass is 16.5. The van der Waals surface area contributed by atoms with Gasteiger partial charge in [-0.2, -0.15) is 5.10 Å². The lowest BCUT2D eigenvalue weighted by molar-refractivity contribution is -0.120. The molecule has 0 spiro atoms. The van der Waals surface area contributed by atoms with Gasteiger partial charge in [-0.3, -0.25) is 9.59 Å². The van der Waals surface area contributed by atoms with E-state index in [1.807, 2.05) is 24.3 Å². The first kappa shape index (κ1) is 21.7. The fourth-order valence-corrected chi connectivity index (χ4v) is 2.47. The maximum Gasteiger partial charge on any atom is 0.275 e. The molecule has 0 bridgehead atoms. The van der Waals surface area contributed by atoms with Gasteiger partial charge in [-0.1, -0.05) is 12.1 Å². The van der Waals surface area contributed by atoms with Crippen LogP contribution in [0.4, 0.5) is 0 Å². The Hall–Kier alpha value is -3.55. The second kappa shape index (κ2) is 10.7. The maximum absolute atomic E-state index is 12.3. The van der Waals surface area contributed by atoms with E-state index in [9.17, 15) is 9.59 Å². The highest BCUT2D eigenvalue weighted by Gasteiger charge is 2.13. The minimum atomic E-state index is -0.442. The van der Waals surface area contributed by atoms with E-state index in [1.165, 1.54) is 14.2 Å². The predicted octanol–water partition coefficient (Wildman–Crippen LogP) is 2.52. The van der Waals surface area contributed by atoms with Crippen molar-refractivity contribution in [1.82, 2.24) is 10.7 Å². The molecule has 2 aromatic rings. The number of methoxy groups -OCH3 is 3. The van der Waals surface area contributed by atoms with Crippen molar-refractivity contribution in [3.8, 4) is 17.2 Å². The lowest BCUT2D eigenvalue weighted by atomic mass is 10.2. The Morgan fingerprint density at radius 3 is 2.21 bits per heavy atom. The zero-order valence-electron chi connectivity index (χ0n) is 16.9. The number of nitrogens with zero attached hydrogens (tertiary/aromatic N) is 1. The molecule has 0 saturated carbocycles. The molecule has 0 fully saturated rings. The molecule has 154 valence electrons. The van der Waals surface area contributed by atoms with E-state index in [4.69, 9.17) is 14.2 Å². The van der Waals surface area contributed by atoms with E-state index in [0.29, 0.717) is 29.3 Å². The molecule has 2 N–H and O–H groups in total. The smallest absolute Gasteiger partial charge is 0.275 e. The van der Waals surface area contributed by atoms with Crippen LogP contribution in [0.25, 0.3) is 0 Å². The van der Waals surface area contributed by atoms with Gasteiger partial charge in [-0.15, -0.1) is 0 Å². The van der Waals surface area contributed by atoms with Crippen molar-refractivity contribution in [3.05, 3.63) is 53.6 Å². The van der Waals surface area contributed by atoms with E-state index < -0.39 is 5.91 Å². The summed E-state index contributed by atoms with van der Waals surface area (Å²) in [6.07, 6.45) is 0.0657. The SMILES string of the molecule is COc1ccc(CNC(=O)CC(C)=NNC(=O)c2ccc(OC)cc2OC)cc1. The molecule has 0 aliphatic heterocycles. The van der Waals surface area contributed by atoms with Crippen LogP contribution in [0.5, 0.6) is 17.2 Å². The quantitative estimate of drug-likeness (QED) is 0.499. The van der Waals surface area contributed by atoms with Crippen molar-refractivity contribution in [3.63, 3.8) is 0 Å². The number of nitrogens with one attached hydrogen (secondary N) is 2. The fourth-order valence-electron chi connectivity index (χ4n) is 2.47. The largest absolute Gasteiger partial charge is 0.497 e. The second-order valence-corrected chi connectivity index (χ2v) is 6.16. The van der Waals surface area contributed by atoms with E-state index in [1.54, 1.807) is 32.2 Å². The molecule has 0 aliphatic rings. The van der Waals surface area contributed by atoms with Crippen LogP contribution >= 0.6 is 0 Å². The minimum absolute atomic E-state index is 0.0657. The maximum atomic E-state index is 12.3. The first-order chi connectivity index (χ1) is 14.0. The Morgan fingerprint density at radius 2 is 1.59 bits per heavy atom. The van der Waals surface area contributed by atoms with Gasteiger partial charge in [0.05, 0.1) is 33.3 Å². The first-order valence-electron chi connectivity index (χ1n) is 8.92. The molecule has 2 amide bonds.